The van der Waals surface area contributed by atoms with Crippen molar-refractivity contribution in [3.8, 4) is 16.9 Å². The molecule has 0 saturated carbocycles. The summed E-state index contributed by atoms with van der Waals surface area (Å²) < 4.78 is 11.2. The van der Waals surface area contributed by atoms with Gasteiger partial charge in [0.05, 0.1) is 7.11 Å². The maximum absolute atomic E-state index is 12.7. The Hall–Kier alpha value is -2.79. The van der Waals surface area contributed by atoms with Crippen LogP contribution in [0.2, 0.25) is 0 Å². The molecule has 0 aliphatic heterocycles. The predicted octanol–water partition coefficient (Wildman–Crippen LogP) is 3.45. The van der Waals surface area contributed by atoms with E-state index in [0.717, 1.165) is 16.5 Å². The zero-order valence-corrected chi connectivity index (χ0v) is 14.6. The molecule has 0 saturated heterocycles. The van der Waals surface area contributed by atoms with Crippen LogP contribution in [-0.4, -0.2) is 32.7 Å². The number of likely N-dealkylation sites (N-methyl/N-ethyl adjacent to an activating group) is 1. The van der Waals surface area contributed by atoms with Gasteiger partial charge in [0.2, 0.25) is 5.76 Å². The van der Waals surface area contributed by atoms with E-state index in [2.05, 4.69) is 10.6 Å². The molecule has 3 aromatic rings. The number of methoxy groups -OCH3 is 1. The molecule has 1 heterocycles. The Morgan fingerprint density at radius 3 is 2.64 bits per heavy atom. The monoisotopic (exact) mass is 338 g/mol. The highest BCUT2D eigenvalue weighted by molar-refractivity contribution is 6.08. The summed E-state index contributed by atoms with van der Waals surface area (Å²) >= 11 is 0. The fourth-order valence-corrected chi connectivity index (χ4v) is 2.68. The van der Waals surface area contributed by atoms with E-state index < -0.39 is 0 Å². The van der Waals surface area contributed by atoms with E-state index in [1.54, 1.807) is 13.2 Å². The van der Waals surface area contributed by atoms with Gasteiger partial charge >= 0.3 is 0 Å². The standard InChI is InChI=1S/C20H22N2O3/c1-13(21-2)12-22-20(23)19-18(14-7-5-4-6-8-14)16-10-9-15(24-3)11-17(16)25-19/h4-11,13,21H,12H2,1-3H3,(H,22,23). The molecule has 25 heavy (non-hydrogen) atoms. The van der Waals surface area contributed by atoms with Gasteiger partial charge in [0, 0.05) is 29.6 Å². The van der Waals surface area contributed by atoms with Gasteiger partial charge in [-0.05, 0) is 31.7 Å². The largest absolute Gasteiger partial charge is 0.497 e. The molecule has 1 amide bonds. The quantitative estimate of drug-likeness (QED) is 0.723. The van der Waals surface area contributed by atoms with Gasteiger partial charge in [-0.2, -0.15) is 0 Å². The lowest BCUT2D eigenvalue weighted by atomic mass is 10.0. The van der Waals surface area contributed by atoms with Crippen molar-refractivity contribution >= 4 is 16.9 Å². The van der Waals surface area contributed by atoms with Gasteiger partial charge in [0.15, 0.2) is 0 Å². The van der Waals surface area contributed by atoms with Crippen LogP contribution < -0.4 is 15.4 Å². The number of furan rings is 1. The summed E-state index contributed by atoms with van der Waals surface area (Å²) in [7, 11) is 3.47. The van der Waals surface area contributed by atoms with Gasteiger partial charge < -0.3 is 19.8 Å². The van der Waals surface area contributed by atoms with Crippen molar-refractivity contribution in [3.05, 3.63) is 54.3 Å². The molecule has 5 heteroatoms. The minimum absolute atomic E-state index is 0.175. The summed E-state index contributed by atoms with van der Waals surface area (Å²) in [5, 5.41) is 6.91. The number of benzene rings is 2. The van der Waals surface area contributed by atoms with Crippen LogP contribution in [0.5, 0.6) is 5.75 Å². The highest BCUT2D eigenvalue weighted by atomic mass is 16.5. The van der Waals surface area contributed by atoms with E-state index in [9.17, 15) is 4.79 Å². The summed E-state index contributed by atoms with van der Waals surface area (Å²) in [6, 6.07) is 15.6. The van der Waals surface area contributed by atoms with Gasteiger partial charge in [-0.15, -0.1) is 0 Å². The van der Waals surface area contributed by atoms with E-state index in [-0.39, 0.29) is 11.9 Å². The average molecular weight is 338 g/mol. The second kappa shape index (κ2) is 7.40. The number of amides is 1. The Labute approximate surface area is 147 Å². The number of fused-ring (bicyclic) bond motifs is 1. The van der Waals surface area contributed by atoms with Crippen molar-refractivity contribution in [1.29, 1.82) is 0 Å². The Bertz CT molecular complexity index is 871. The first-order valence-electron chi connectivity index (χ1n) is 8.25. The summed E-state index contributed by atoms with van der Waals surface area (Å²) in [6.07, 6.45) is 0. The molecule has 0 spiro atoms. The molecule has 0 bridgehead atoms. The first-order valence-corrected chi connectivity index (χ1v) is 8.25. The molecular formula is C20H22N2O3. The zero-order valence-electron chi connectivity index (χ0n) is 14.6. The van der Waals surface area contributed by atoms with E-state index in [0.29, 0.717) is 23.6 Å². The summed E-state index contributed by atoms with van der Waals surface area (Å²) in [5.41, 5.74) is 2.37. The summed E-state index contributed by atoms with van der Waals surface area (Å²) in [6.45, 7) is 2.52. The molecule has 130 valence electrons. The van der Waals surface area contributed by atoms with Crippen molar-refractivity contribution in [2.45, 2.75) is 13.0 Å². The van der Waals surface area contributed by atoms with E-state index >= 15 is 0 Å². The topological polar surface area (TPSA) is 63.5 Å². The van der Waals surface area contributed by atoms with Crippen molar-refractivity contribution < 1.29 is 13.9 Å². The van der Waals surface area contributed by atoms with Crippen LogP contribution in [0.1, 0.15) is 17.5 Å². The molecule has 1 unspecified atom stereocenters. The van der Waals surface area contributed by atoms with Crippen LogP contribution >= 0.6 is 0 Å². The Morgan fingerprint density at radius 2 is 1.96 bits per heavy atom. The minimum atomic E-state index is -0.226. The predicted molar refractivity (Wildman–Crippen MR) is 99.1 cm³/mol. The van der Waals surface area contributed by atoms with Crippen LogP contribution in [-0.2, 0) is 0 Å². The van der Waals surface area contributed by atoms with Gasteiger partial charge in [-0.3, -0.25) is 4.79 Å². The number of hydrogen-bond donors (Lipinski definition) is 2. The zero-order chi connectivity index (χ0) is 17.8. The van der Waals surface area contributed by atoms with Crippen molar-refractivity contribution in [1.82, 2.24) is 10.6 Å². The number of hydrogen-bond acceptors (Lipinski definition) is 4. The van der Waals surface area contributed by atoms with E-state index in [1.807, 2.05) is 56.4 Å². The second-order valence-corrected chi connectivity index (χ2v) is 5.93. The molecule has 0 aliphatic rings. The Morgan fingerprint density at radius 1 is 1.20 bits per heavy atom. The van der Waals surface area contributed by atoms with Crippen LogP contribution in [0, 0.1) is 0 Å². The molecule has 0 aliphatic carbocycles. The molecule has 0 radical (unpaired) electrons. The molecule has 2 N–H and O–H groups in total. The van der Waals surface area contributed by atoms with Crippen LogP contribution in [0.25, 0.3) is 22.1 Å². The van der Waals surface area contributed by atoms with Crippen molar-refractivity contribution in [2.24, 2.45) is 0 Å². The smallest absolute Gasteiger partial charge is 0.287 e. The number of carbonyl (C=O) groups is 1. The summed E-state index contributed by atoms with van der Waals surface area (Å²) in [4.78, 5) is 12.7. The maximum Gasteiger partial charge on any atom is 0.287 e. The first-order chi connectivity index (χ1) is 12.1. The number of nitrogens with one attached hydrogen (secondary N) is 2. The minimum Gasteiger partial charge on any atom is -0.497 e. The van der Waals surface area contributed by atoms with Gasteiger partial charge in [0.25, 0.3) is 5.91 Å². The average Bonchev–Trinajstić information content (AvgIpc) is 3.05. The Kier molecular flexibility index (Phi) is 5.05. The highest BCUT2D eigenvalue weighted by Gasteiger charge is 2.22. The molecule has 5 nitrogen and oxygen atoms in total. The highest BCUT2D eigenvalue weighted by Crippen LogP contribution is 2.36. The third-order valence-corrected chi connectivity index (χ3v) is 4.23. The number of ether oxygens (including phenoxy) is 1. The van der Waals surface area contributed by atoms with Crippen LogP contribution in [0.3, 0.4) is 0 Å². The van der Waals surface area contributed by atoms with Crippen molar-refractivity contribution in [3.63, 3.8) is 0 Å². The molecule has 2 aromatic carbocycles. The number of carbonyl (C=O) groups excluding carboxylic acids is 1. The Balaban J connectivity index is 2.08. The third-order valence-electron chi connectivity index (χ3n) is 4.23. The lowest BCUT2D eigenvalue weighted by molar-refractivity contribution is 0.0926. The van der Waals surface area contributed by atoms with E-state index in [1.165, 1.54) is 0 Å². The summed E-state index contributed by atoms with van der Waals surface area (Å²) in [5.74, 6) is 0.783. The van der Waals surface area contributed by atoms with Crippen LogP contribution in [0.15, 0.2) is 52.9 Å². The lowest BCUT2D eigenvalue weighted by Gasteiger charge is -2.11. The maximum atomic E-state index is 12.7. The second-order valence-electron chi connectivity index (χ2n) is 5.93. The van der Waals surface area contributed by atoms with Gasteiger partial charge in [-0.25, -0.2) is 0 Å². The normalized spacial score (nSPS) is 12.1. The van der Waals surface area contributed by atoms with Crippen LogP contribution in [0.4, 0.5) is 0 Å². The fourth-order valence-electron chi connectivity index (χ4n) is 2.68. The molecule has 3 rings (SSSR count). The molecule has 1 aromatic heterocycles. The fraction of sp³-hybridized carbons (Fsp3) is 0.250. The lowest BCUT2D eigenvalue weighted by Crippen LogP contribution is -2.37. The first kappa shape index (κ1) is 17.0. The molecule has 1 atom stereocenters. The van der Waals surface area contributed by atoms with Crippen molar-refractivity contribution in [2.75, 3.05) is 20.7 Å². The number of rotatable bonds is 6. The third kappa shape index (κ3) is 3.51. The SMILES string of the molecule is CNC(C)CNC(=O)c1oc2cc(OC)ccc2c1-c1ccccc1. The van der Waals surface area contributed by atoms with E-state index in [4.69, 9.17) is 9.15 Å². The molecule has 0 fully saturated rings. The van der Waals surface area contributed by atoms with Gasteiger partial charge in [0.1, 0.15) is 11.3 Å². The van der Waals surface area contributed by atoms with Gasteiger partial charge in [-0.1, -0.05) is 30.3 Å². The molecular weight excluding hydrogens is 316 g/mol.